The fraction of sp³-hybridized carbons (Fsp3) is 0.400. The van der Waals surface area contributed by atoms with Gasteiger partial charge >= 0.3 is 0 Å². The Balaban J connectivity index is 2.58. The van der Waals surface area contributed by atoms with Crippen LogP contribution in [0.2, 0.25) is 0 Å². The van der Waals surface area contributed by atoms with Crippen molar-refractivity contribution >= 4 is 20.0 Å². The summed E-state index contributed by atoms with van der Waals surface area (Å²) in [6.45, 7) is 0. The maximum atomic E-state index is 12.6. The maximum Gasteiger partial charge on any atom is 0.264 e. The normalized spacial score (nSPS) is 12.6. The van der Waals surface area contributed by atoms with Crippen LogP contribution in [0.4, 0.5) is 4.39 Å². The number of rotatable bonds is 6. The average Bonchev–Trinajstić information content (AvgIpc) is 2.24. The molecule has 1 aromatic carbocycles. The Morgan fingerprint density at radius 2 is 1.44 bits per heavy atom. The Labute approximate surface area is 105 Å². The summed E-state index contributed by atoms with van der Waals surface area (Å²) in [6, 6.07) is 4.41. The lowest BCUT2D eigenvalue weighted by atomic mass is 10.3. The molecule has 0 aromatic heterocycles. The van der Waals surface area contributed by atoms with E-state index in [-0.39, 0.29) is 23.5 Å². The van der Waals surface area contributed by atoms with Crippen LogP contribution >= 0.6 is 0 Å². The largest absolute Gasteiger partial charge is 0.286 e. The Bertz CT molecular complexity index is 590. The van der Waals surface area contributed by atoms with Gasteiger partial charge in [0, 0.05) is 0 Å². The van der Waals surface area contributed by atoms with Gasteiger partial charge in [0.2, 0.25) is 0 Å². The van der Waals surface area contributed by atoms with E-state index in [2.05, 4.69) is 0 Å². The molecule has 0 unspecified atom stereocenters. The van der Waals surface area contributed by atoms with E-state index in [1.54, 1.807) is 0 Å². The number of benzene rings is 1. The number of halogens is 1. The van der Waals surface area contributed by atoms with E-state index >= 15 is 0 Å². The molecule has 0 atom stereocenters. The molecular formula is C10H13FO5S2. The van der Waals surface area contributed by atoms with Gasteiger partial charge in [-0.1, -0.05) is 0 Å². The molecule has 0 saturated carbocycles. The maximum absolute atomic E-state index is 12.6. The van der Waals surface area contributed by atoms with Crippen LogP contribution in [0.25, 0.3) is 0 Å². The van der Waals surface area contributed by atoms with E-state index in [1.165, 1.54) is 0 Å². The Morgan fingerprint density at radius 3 is 1.94 bits per heavy atom. The van der Waals surface area contributed by atoms with Crippen molar-refractivity contribution in [3.8, 4) is 0 Å². The summed E-state index contributed by atoms with van der Waals surface area (Å²) in [4.78, 5) is -0.00393. The van der Waals surface area contributed by atoms with Crippen LogP contribution in [0.3, 0.4) is 0 Å². The molecule has 1 N–H and O–H groups in total. The van der Waals surface area contributed by atoms with Gasteiger partial charge in [0.05, 0.1) is 16.4 Å². The number of hydrogen-bond donors (Lipinski definition) is 1. The Hall–Kier alpha value is -0.990. The topological polar surface area (TPSA) is 88.5 Å². The van der Waals surface area contributed by atoms with Crippen LogP contribution in [-0.2, 0) is 20.0 Å². The van der Waals surface area contributed by atoms with Crippen molar-refractivity contribution in [2.45, 2.75) is 17.7 Å². The Kier molecular flexibility index (Phi) is 4.83. The molecule has 102 valence electrons. The van der Waals surface area contributed by atoms with Gasteiger partial charge in [-0.2, -0.15) is 8.42 Å². The zero-order valence-electron chi connectivity index (χ0n) is 9.41. The van der Waals surface area contributed by atoms with E-state index in [0.29, 0.717) is 0 Å². The summed E-state index contributed by atoms with van der Waals surface area (Å²) in [7, 11) is -7.59. The molecule has 1 rings (SSSR count). The fourth-order valence-corrected chi connectivity index (χ4v) is 3.28. The second-order valence-electron chi connectivity index (χ2n) is 3.77. The van der Waals surface area contributed by atoms with Gasteiger partial charge in [0.15, 0.2) is 9.84 Å². The van der Waals surface area contributed by atoms with Crippen LogP contribution in [-0.4, -0.2) is 32.9 Å². The molecule has 0 radical (unpaired) electrons. The molecule has 0 amide bonds. The molecule has 0 aliphatic heterocycles. The zero-order valence-corrected chi connectivity index (χ0v) is 11.0. The van der Waals surface area contributed by atoms with Crippen LogP contribution in [0.5, 0.6) is 0 Å². The second kappa shape index (κ2) is 5.77. The third-order valence-corrected chi connectivity index (χ3v) is 4.86. The smallest absolute Gasteiger partial charge is 0.264 e. The van der Waals surface area contributed by atoms with Gasteiger partial charge in [0.1, 0.15) is 5.82 Å². The number of sulfone groups is 1. The third-order valence-electron chi connectivity index (χ3n) is 2.24. The minimum absolute atomic E-state index is 0.00393. The van der Waals surface area contributed by atoms with Crippen molar-refractivity contribution in [1.29, 1.82) is 0 Å². The lowest BCUT2D eigenvalue weighted by molar-refractivity contribution is 0.480. The zero-order chi connectivity index (χ0) is 13.8. The van der Waals surface area contributed by atoms with E-state index in [9.17, 15) is 21.2 Å². The van der Waals surface area contributed by atoms with Gasteiger partial charge < -0.3 is 0 Å². The van der Waals surface area contributed by atoms with Crippen LogP contribution in [0.1, 0.15) is 12.8 Å². The molecular weight excluding hydrogens is 283 g/mol. The first kappa shape index (κ1) is 15.1. The summed E-state index contributed by atoms with van der Waals surface area (Å²) in [5, 5.41) is 0. The fourth-order valence-electron chi connectivity index (χ4n) is 1.34. The van der Waals surface area contributed by atoms with Gasteiger partial charge in [0.25, 0.3) is 10.1 Å². The molecule has 0 aliphatic rings. The molecule has 0 saturated heterocycles. The van der Waals surface area contributed by atoms with Crippen LogP contribution in [0, 0.1) is 5.82 Å². The molecule has 0 spiro atoms. The standard InChI is InChI=1S/C10H13FO5S2/c11-9-3-5-10(6-4-9)17(12,13)7-1-2-8-18(14,15)16/h3-6H,1-2,7-8H2,(H,14,15,16). The molecule has 0 fully saturated rings. The highest BCUT2D eigenvalue weighted by atomic mass is 32.2. The minimum atomic E-state index is -4.06. The van der Waals surface area contributed by atoms with Crippen LogP contribution in [0.15, 0.2) is 29.2 Å². The molecule has 1 aromatic rings. The van der Waals surface area contributed by atoms with E-state index in [1.807, 2.05) is 0 Å². The lowest BCUT2D eigenvalue weighted by Crippen LogP contribution is -2.10. The van der Waals surface area contributed by atoms with E-state index in [0.717, 1.165) is 24.3 Å². The second-order valence-corrected chi connectivity index (χ2v) is 7.45. The summed E-state index contributed by atoms with van der Waals surface area (Å²) in [5.41, 5.74) is 0. The highest BCUT2D eigenvalue weighted by molar-refractivity contribution is 7.91. The molecule has 0 heterocycles. The highest BCUT2D eigenvalue weighted by Crippen LogP contribution is 2.13. The first-order valence-electron chi connectivity index (χ1n) is 5.14. The first-order valence-corrected chi connectivity index (χ1v) is 8.40. The molecule has 18 heavy (non-hydrogen) atoms. The highest BCUT2D eigenvalue weighted by Gasteiger charge is 2.14. The monoisotopic (exact) mass is 296 g/mol. The third kappa shape index (κ3) is 5.11. The van der Waals surface area contributed by atoms with Gasteiger partial charge in [-0.15, -0.1) is 0 Å². The average molecular weight is 296 g/mol. The van der Waals surface area contributed by atoms with Crippen molar-refractivity contribution in [1.82, 2.24) is 0 Å². The van der Waals surface area contributed by atoms with Gasteiger partial charge in [-0.25, -0.2) is 12.8 Å². The van der Waals surface area contributed by atoms with Crippen molar-refractivity contribution in [2.75, 3.05) is 11.5 Å². The summed E-state index contributed by atoms with van der Waals surface area (Å²) < 4.78 is 65.4. The molecule has 5 nitrogen and oxygen atoms in total. The molecule has 0 aliphatic carbocycles. The molecule has 8 heteroatoms. The van der Waals surface area contributed by atoms with Crippen LogP contribution < -0.4 is 0 Å². The van der Waals surface area contributed by atoms with Gasteiger partial charge in [-0.05, 0) is 37.1 Å². The molecule has 0 bridgehead atoms. The van der Waals surface area contributed by atoms with Crippen molar-refractivity contribution in [2.24, 2.45) is 0 Å². The Morgan fingerprint density at radius 1 is 0.944 bits per heavy atom. The van der Waals surface area contributed by atoms with E-state index < -0.39 is 31.5 Å². The van der Waals surface area contributed by atoms with Crippen molar-refractivity contribution < 1.29 is 25.8 Å². The SMILES string of the molecule is O=S(=O)(O)CCCCS(=O)(=O)c1ccc(F)cc1. The summed E-state index contributed by atoms with van der Waals surface area (Å²) >= 11 is 0. The summed E-state index contributed by atoms with van der Waals surface area (Å²) in [5.74, 6) is -1.24. The quantitative estimate of drug-likeness (QED) is 0.485. The van der Waals surface area contributed by atoms with Crippen molar-refractivity contribution in [3.63, 3.8) is 0 Å². The first-order chi connectivity index (χ1) is 8.21. The minimum Gasteiger partial charge on any atom is -0.286 e. The number of unbranched alkanes of at least 4 members (excludes halogenated alkanes) is 1. The summed E-state index contributed by atoms with van der Waals surface area (Å²) in [6.07, 6.45) is 0.165. The predicted octanol–water partition coefficient (Wildman–Crippen LogP) is 1.27. The van der Waals surface area contributed by atoms with Crippen molar-refractivity contribution in [3.05, 3.63) is 30.1 Å². The van der Waals surface area contributed by atoms with Gasteiger partial charge in [-0.3, -0.25) is 4.55 Å². The number of hydrogen-bond acceptors (Lipinski definition) is 4. The van der Waals surface area contributed by atoms with E-state index in [4.69, 9.17) is 4.55 Å². The lowest BCUT2D eigenvalue weighted by Gasteiger charge is -2.03. The predicted molar refractivity (Wildman–Crippen MR) is 64.1 cm³/mol.